The van der Waals surface area contributed by atoms with Gasteiger partial charge in [-0.3, -0.25) is 0 Å². The third-order valence-corrected chi connectivity index (χ3v) is 4.52. The van der Waals surface area contributed by atoms with Crippen molar-refractivity contribution in [3.8, 4) is 23.0 Å². The van der Waals surface area contributed by atoms with Crippen molar-refractivity contribution in [1.29, 1.82) is 0 Å². The summed E-state index contributed by atoms with van der Waals surface area (Å²) >= 11 is 0. The Hall–Kier alpha value is -3.58. The molecular formula is C23H20N4. The van der Waals surface area contributed by atoms with Gasteiger partial charge in [0.2, 0.25) is 0 Å². The zero-order valence-corrected chi connectivity index (χ0v) is 15.6. The molecule has 0 amide bonds. The molecule has 3 aromatic heterocycles. The molecule has 0 aliphatic carbocycles. The molecule has 4 heteroatoms. The number of rotatable bonds is 2. The Kier molecular flexibility index (Phi) is 4.35. The van der Waals surface area contributed by atoms with E-state index in [1.54, 1.807) is 6.20 Å². The number of fused-ring (bicyclic) bond motifs is 1. The highest BCUT2D eigenvalue weighted by Gasteiger charge is 2.09. The van der Waals surface area contributed by atoms with E-state index in [4.69, 9.17) is 0 Å². The molecule has 0 fully saturated rings. The van der Waals surface area contributed by atoms with Crippen LogP contribution in [0.3, 0.4) is 0 Å². The normalized spacial score (nSPS) is 10.5. The van der Waals surface area contributed by atoms with E-state index in [9.17, 15) is 0 Å². The summed E-state index contributed by atoms with van der Waals surface area (Å²) in [5.74, 6) is 6.39. The van der Waals surface area contributed by atoms with Gasteiger partial charge in [0, 0.05) is 56.4 Å². The predicted octanol–water partition coefficient (Wildman–Crippen LogP) is 4.10. The van der Waals surface area contributed by atoms with Crippen molar-refractivity contribution in [2.45, 2.75) is 0 Å². The van der Waals surface area contributed by atoms with Gasteiger partial charge in [-0.1, -0.05) is 24.1 Å². The molecule has 0 N–H and O–H groups in total. The molecule has 0 bridgehead atoms. The number of aryl methyl sites for hydroxylation is 1. The Bertz CT molecular complexity index is 1140. The molecule has 4 rings (SSSR count). The molecule has 0 atom stereocenters. The fraction of sp³-hybridized carbons (Fsp3) is 0.130. The number of hydrogen-bond acceptors (Lipinski definition) is 3. The van der Waals surface area contributed by atoms with Crippen LogP contribution in [0.15, 0.2) is 67.1 Å². The Labute approximate surface area is 159 Å². The average molecular weight is 352 g/mol. The standard InChI is InChI=1S/C23H20N4/c1-26(2)21-11-8-17(9-12-21)19-14-22-18(16-27(3)23(22)25-15-19)7-10-20-6-4-5-13-24-20/h4-6,8-9,11-16H,1-3H3. The minimum atomic E-state index is 0.762. The van der Waals surface area contributed by atoms with Crippen LogP contribution in [0.25, 0.3) is 22.2 Å². The van der Waals surface area contributed by atoms with Crippen LogP contribution >= 0.6 is 0 Å². The van der Waals surface area contributed by atoms with Crippen molar-refractivity contribution < 1.29 is 0 Å². The summed E-state index contributed by atoms with van der Waals surface area (Å²) in [5, 5.41) is 1.05. The molecule has 0 aliphatic heterocycles. The van der Waals surface area contributed by atoms with Crippen LogP contribution in [0.4, 0.5) is 5.69 Å². The van der Waals surface area contributed by atoms with E-state index in [-0.39, 0.29) is 0 Å². The summed E-state index contributed by atoms with van der Waals surface area (Å²) in [6.45, 7) is 0. The zero-order valence-electron chi connectivity index (χ0n) is 15.6. The molecule has 0 radical (unpaired) electrons. The van der Waals surface area contributed by atoms with Gasteiger partial charge in [-0.15, -0.1) is 0 Å². The Morgan fingerprint density at radius 1 is 0.926 bits per heavy atom. The summed E-state index contributed by atoms with van der Waals surface area (Å²) in [6, 6.07) is 16.4. The summed E-state index contributed by atoms with van der Waals surface area (Å²) in [7, 11) is 6.07. The zero-order chi connectivity index (χ0) is 18.8. The number of hydrogen-bond donors (Lipinski definition) is 0. The van der Waals surface area contributed by atoms with Gasteiger partial charge in [0.1, 0.15) is 11.3 Å². The first-order valence-electron chi connectivity index (χ1n) is 8.78. The first-order chi connectivity index (χ1) is 13.1. The van der Waals surface area contributed by atoms with Crippen LogP contribution in [0.1, 0.15) is 11.3 Å². The van der Waals surface area contributed by atoms with E-state index in [1.165, 1.54) is 5.69 Å². The Morgan fingerprint density at radius 3 is 2.44 bits per heavy atom. The maximum atomic E-state index is 4.66. The van der Waals surface area contributed by atoms with Gasteiger partial charge in [0.05, 0.1) is 5.56 Å². The molecule has 0 saturated heterocycles. The maximum absolute atomic E-state index is 4.66. The van der Waals surface area contributed by atoms with Gasteiger partial charge < -0.3 is 9.47 Å². The third-order valence-electron chi connectivity index (χ3n) is 4.52. The number of pyridine rings is 2. The topological polar surface area (TPSA) is 34.0 Å². The Morgan fingerprint density at radius 2 is 1.74 bits per heavy atom. The van der Waals surface area contributed by atoms with Crippen molar-refractivity contribution >= 4 is 16.7 Å². The minimum absolute atomic E-state index is 0.762. The summed E-state index contributed by atoms with van der Waals surface area (Å²) < 4.78 is 2.01. The number of nitrogens with zero attached hydrogens (tertiary/aromatic N) is 4. The van der Waals surface area contributed by atoms with Gasteiger partial charge in [0.15, 0.2) is 0 Å². The molecule has 27 heavy (non-hydrogen) atoms. The van der Waals surface area contributed by atoms with Crippen molar-refractivity contribution in [3.63, 3.8) is 0 Å². The molecule has 1 aromatic carbocycles. The van der Waals surface area contributed by atoms with E-state index in [0.717, 1.165) is 33.4 Å². The van der Waals surface area contributed by atoms with Crippen molar-refractivity contribution in [2.24, 2.45) is 7.05 Å². The molecule has 0 aliphatic rings. The molecule has 4 nitrogen and oxygen atoms in total. The second-order valence-corrected chi connectivity index (χ2v) is 6.66. The molecule has 0 spiro atoms. The van der Waals surface area contributed by atoms with Crippen molar-refractivity contribution in [3.05, 3.63) is 78.4 Å². The van der Waals surface area contributed by atoms with Gasteiger partial charge in [0.25, 0.3) is 0 Å². The minimum Gasteiger partial charge on any atom is -0.378 e. The third kappa shape index (κ3) is 3.40. The van der Waals surface area contributed by atoms with E-state index >= 15 is 0 Å². The lowest BCUT2D eigenvalue weighted by Gasteiger charge is -2.12. The lowest BCUT2D eigenvalue weighted by molar-refractivity contribution is 0.947. The van der Waals surface area contributed by atoms with Crippen LogP contribution < -0.4 is 4.90 Å². The van der Waals surface area contributed by atoms with Gasteiger partial charge in [-0.05, 0) is 41.8 Å². The van der Waals surface area contributed by atoms with Crippen LogP contribution in [0.5, 0.6) is 0 Å². The predicted molar refractivity (Wildman–Crippen MR) is 111 cm³/mol. The first kappa shape index (κ1) is 16.9. The summed E-state index contributed by atoms with van der Waals surface area (Å²) in [5.41, 5.74) is 6.04. The molecule has 0 unspecified atom stereocenters. The fourth-order valence-corrected chi connectivity index (χ4v) is 3.04. The highest BCUT2D eigenvalue weighted by atomic mass is 15.1. The molecule has 3 heterocycles. The van der Waals surface area contributed by atoms with Crippen LogP contribution in [-0.4, -0.2) is 28.6 Å². The van der Waals surface area contributed by atoms with Crippen LogP contribution in [0, 0.1) is 11.8 Å². The quantitative estimate of drug-likeness (QED) is 0.509. The summed E-state index contributed by atoms with van der Waals surface area (Å²) in [6.07, 6.45) is 5.69. The monoisotopic (exact) mass is 352 g/mol. The van der Waals surface area contributed by atoms with E-state index in [2.05, 4.69) is 57.0 Å². The number of benzene rings is 1. The average Bonchev–Trinajstić information content (AvgIpc) is 3.02. The lowest BCUT2D eigenvalue weighted by atomic mass is 10.1. The summed E-state index contributed by atoms with van der Waals surface area (Å²) in [4.78, 5) is 11.0. The molecule has 132 valence electrons. The molecular weight excluding hydrogens is 332 g/mol. The number of anilines is 1. The smallest absolute Gasteiger partial charge is 0.140 e. The molecule has 0 saturated carbocycles. The first-order valence-corrected chi connectivity index (χ1v) is 8.78. The second kappa shape index (κ2) is 6.97. The lowest BCUT2D eigenvalue weighted by Crippen LogP contribution is -2.07. The van der Waals surface area contributed by atoms with E-state index < -0.39 is 0 Å². The van der Waals surface area contributed by atoms with Crippen molar-refractivity contribution in [2.75, 3.05) is 19.0 Å². The van der Waals surface area contributed by atoms with Gasteiger partial charge in [-0.25, -0.2) is 9.97 Å². The van der Waals surface area contributed by atoms with Crippen LogP contribution in [0.2, 0.25) is 0 Å². The Balaban J connectivity index is 1.76. The van der Waals surface area contributed by atoms with E-state index in [0.29, 0.717) is 0 Å². The van der Waals surface area contributed by atoms with Crippen molar-refractivity contribution in [1.82, 2.24) is 14.5 Å². The highest BCUT2D eigenvalue weighted by Crippen LogP contribution is 2.27. The van der Waals surface area contributed by atoms with Gasteiger partial charge >= 0.3 is 0 Å². The number of aromatic nitrogens is 3. The van der Waals surface area contributed by atoms with Gasteiger partial charge in [-0.2, -0.15) is 0 Å². The SMILES string of the molecule is CN(C)c1ccc(-c2cnc3c(c2)c(C#Cc2ccccn2)cn3C)cc1. The second-order valence-electron chi connectivity index (χ2n) is 6.66. The maximum Gasteiger partial charge on any atom is 0.140 e. The molecule has 4 aromatic rings. The largest absolute Gasteiger partial charge is 0.378 e. The highest BCUT2D eigenvalue weighted by molar-refractivity contribution is 5.88. The fourth-order valence-electron chi connectivity index (χ4n) is 3.04. The van der Waals surface area contributed by atoms with Crippen LogP contribution in [-0.2, 0) is 7.05 Å². The van der Waals surface area contributed by atoms with E-state index in [1.807, 2.05) is 56.3 Å².